The van der Waals surface area contributed by atoms with Crippen LogP contribution < -0.4 is 15.4 Å². The van der Waals surface area contributed by atoms with Crippen molar-refractivity contribution in [2.24, 2.45) is 0 Å². The minimum atomic E-state index is -0.0327. The molecular weight excluding hydrogens is 240 g/mol. The maximum atomic E-state index is 11.6. The van der Waals surface area contributed by atoms with Crippen molar-refractivity contribution in [1.82, 2.24) is 5.32 Å². The first-order valence-corrected chi connectivity index (χ1v) is 6.31. The SMILES string of the molecule is CCNCC(=O)Nc1ccc2cc(OC)ccc2c1. The third kappa shape index (κ3) is 3.45. The molecule has 0 fully saturated rings. The molecule has 2 aromatic carbocycles. The number of rotatable bonds is 5. The lowest BCUT2D eigenvalue weighted by Gasteiger charge is -2.08. The van der Waals surface area contributed by atoms with Crippen molar-refractivity contribution in [3.8, 4) is 5.75 Å². The Morgan fingerprint density at radius 2 is 1.89 bits per heavy atom. The molecular formula is C15H18N2O2. The van der Waals surface area contributed by atoms with Gasteiger partial charge in [-0.1, -0.05) is 19.1 Å². The van der Waals surface area contributed by atoms with Crippen LogP contribution in [0.2, 0.25) is 0 Å². The number of fused-ring (bicyclic) bond motifs is 1. The summed E-state index contributed by atoms with van der Waals surface area (Å²) in [7, 11) is 1.65. The zero-order chi connectivity index (χ0) is 13.7. The summed E-state index contributed by atoms with van der Waals surface area (Å²) in [5, 5.41) is 8.02. The lowest BCUT2D eigenvalue weighted by atomic mass is 10.1. The molecule has 2 rings (SSSR count). The molecule has 4 heteroatoms. The monoisotopic (exact) mass is 258 g/mol. The number of hydrogen-bond donors (Lipinski definition) is 2. The van der Waals surface area contributed by atoms with Gasteiger partial charge in [-0.25, -0.2) is 0 Å². The summed E-state index contributed by atoms with van der Waals surface area (Å²) in [5.41, 5.74) is 0.806. The highest BCUT2D eigenvalue weighted by molar-refractivity contribution is 5.95. The topological polar surface area (TPSA) is 50.4 Å². The van der Waals surface area contributed by atoms with Gasteiger partial charge in [0.15, 0.2) is 0 Å². The van der Waals surface area contributed by atoms with Gasteiger partial charge in [0.05, 0.1) is 13.7 Å². The summed E-state index contributed by atoms with van der Waals surface area (Å²) in [4.78, 5) is 11.6. The van der Waals surface area contributed by atoms with Crippen LogP contribution in [0.15, 0.2) is 36.4 Å². The van der Waals surface area contributed by atoms with E-state index in [1.807, 2.05) is 43.3 Å². The molecule has 0 aromatic heterocycles. The van der Waals surface area contributed by atoms with E-state index < -0.39 is 0 Å². The largest absolute Gasteiger partial charge is 0.497 e. The van der Waals surface area contributed by atoms with Crippen LogP contribution in [0.5, 0.6) is 5.75 Å². The Hall–Kier alpha value is -2.07. The number of ether oxygens (including phenoxy) is 1. The third-order valence-electron chi connectivity index (χ3n) is 2.87. The first-order valence-electron chi connectivity index (χ1n) is 6.31. The van der Waals surface area contributed by atoms with Crippen molar-refractivity contribution in [1.29, 1.82) is 0 Å². The number of methoxy groups -OCH3 is 1. The normalized spacial score (nSPS) is 10.4. The number of benzene rings is 2. The molecule has 0 aliphatic heterocycles. The number of hydrogen-bond acceptors (Lipinski definition) is 3. The summed E-state index contributed by atoms with van der Waals surface area (Å²) in [5.74, 6) is 0.797. The molecule has 0 bridgehead atoms. The van der Waals surface area contributed by atoms with Gasteiger partial charge in [-0.3, -0.25) is 4.79 Å². The zero-order valence-corrected chi connectivity index (χ0v) is 11.2. The Kier molecular flexibility index (Phi) is 4.36. The van der Waals surface area contributed by atoms with Crippen LogP contribution in [-0.4, -0.2) is 26.1 Å². The Bertz CT molecular complexity index is 581. The first-order chi connectivity index (χ1) is 9.22. The van der Waals surface area contributed by atoms with Crippen LogP contribution >= 0.6 is 0 Å². The van der Waals surface area contributed by atoms with Crippen molar-refractivity contribution < 1.29 is 9.53 Å². The predicted molar refractivity (Wildman–Crippen MR) is 77.7 cm³/mol. The fraction of sp³-hybridized carbons (Fsp3) is 0.267. The lowest BCUT2D eigenvalue weighted by Crippen LogP contribution is -2.27. The number of likely N-dealkylation sites (N-methyl/N-ethyl adjacent to an activating group) is 1. The van der Waals surface area contributed by atoms with Crippen LogP contribution in [0.1, 0.15) is 6.92 Å². The number of carbonyl (C=O) groups is 1. The predicted octanol–water partition coefficient (Wildman–Crippen LogP) is 2.40. The molecule has 0 atom stereocenters. The molecule has 0 aliphatic rings. The average molecular weight is 258 g/mol. The van der Waals surface area contributed by atoms with Gasteiger partial charge in [0.1, 0.15) is 5.75 Å². The molecule has 0 spiro atoms. The molecule has 0 unspecified atom stereocenters. The van der Waals surface area contributed by atoms with Crippen LogP contribution in [0.25, 0.3) is 10.8 Å². The van der Waals surface area contributed by atoms with Gasteiger partial charge in [0.25, 0.3) is 0 Å². The van der Waals surface area contributed by atoms with E-state index in [2.05, 4.69) is 10.6 Å². The quantitative estimate of drug-likeness (QED) is 0.865. The van der Waals surface area contributed by atoms with E-state index in [1.54, 1.807) is 7.11 Å². The molecule has 0 aliphatic carbocycles. The molecule has 0 radical (unpaired) electrons. The van der Waals surface area contributed by atoms with Crippen molar-refractivity contribution in [3.05, 3.63) is 36.4 Å². The fourth-order valence-corrected chi connectivity index (χ4v) is 1.87. The Morgan fingerprint density at radius 3 is 2.63 bits per heavy atom. The highest BCUT2D eigenvalue weighted by Gasteiger charge is 2.03. The second-order valence-corrected chi connectivity index (χ2v) is 4.26. The zero-order valence-electron chi connectivity index (χ0n) is 11.2. The van der Waals surface area contributed by atoms with Crippen molar-refractivity contribution in [2.45, 2.75) is 6.92 Å². The number of nitrogens with one attached hydrogen (secondary N) is 2. The van der Waals surface area contributed by atoms with Crippen LogP contribution in [0.4, 0.5) is 5.69 Å². The minimum Gasteiger partial charge on any atom is -0.497 e. The van der Waals surface area contributed by atoms with Gasteiger partial charge in [-0.2, -0.15) is 0 Å². The number of carbonyl (C=O) groups excluding carboxylic acids is 1. The molecule has 4 nitrogen and oxygen atoms in total. The molecule has 0 saturated heterocycles. The van der Waals surface area contributed by atoms with E-state index in [4.69, 9.17) is 4.74 Å². The van der Waals surface area contributed by atoms with Crippen molar-refractivity contribution in [2.75, 3.05) is 25.5 Å². The summed E-state index contributed by atoms with van der Waals surface area (Å²) >= 11 is 0. The maximum Gasteiger partial charge on any atom is 0.238 e. The summed E-state index contributed by atoms with van der Waals surface area (Å²) < 4.78 is 5.18. The van der Waals surface area contributed by atoms with E-state index >= 15 is 0 Å². The van der Waals surface area contributed by atoms with Gasteiger partial charge in [-0.05, 0) is 41.6 Å². The smallest absolute Gasteiger partial charge is 0.238 e. The van der Waals surface area contributed by atoms with Gasteiger partial charge in [0.2, 0.25) is 5.91 Å². The third-order valence-corrected chi connectivity index (χ3v) is 2.87. The molecule has 0 heterocycles. The van der Waals surface area contributed by atoms with E-state index in [0.717, 1.165) is 28.8 Å². The van der Waals surface area contributed by atoms with Gasteiger partial charge in [-0.15, -0.1) is 0 Å². The Morgan fingerprint density at radius 1 is 1.16 bits per heavy atom. The second-order valence-electron chi connectivity index (χ2n) is 4.26. The van der Waals surface area contributed by atoms with E-state index in [1.165, 1.54) is 0 Å². The lowest BCUT2D eigenvalue weighted by molar-refractivity contribution is -0.115. The van der Waals surface area contributed by atoms with Crippen molar-refractivity contribution in [3.63, 3.8) is 0 Å². The summed E-state index contributed by atoms with van der Waals surface area (Å²) in [6, 6.07) is 11.7. The highest BCUT2D eigenvalue weighted by atomic mass is 16.5. The number of anilines is 1. The molecule has 2 N–H and O–H groups in total. The van der Waals surface area contributed by atoms with Crippen LogP contribution in [0, 0.1) is 0 Å². The molecule has 0 saturated carbocycles. The molecule has 19 heavy (non-hydrogen) atoms. The second kappa shape index (κ2) is 6.20. The fourth-order valence-electron chi connectivity index (χ4n) is 1.87. The minimum absolute atomic E-state index is 0.0327. The molecule has 100 valence electrons. The molecule has 2 aromatic rings. The summed E-state index contributed by atoms with van der Waals surface area (Å²) in [6.45, 7) is 3.08. The number of amides is 1. The standard InChI is InChI=1S/C15H18N2O2/c1-3-16-10-15(18)17-13-6-4-12-9-14(19-2)7-5-11(12)8-13/h4-9,16H,3,10H2,1-2H3,(H,17,18). The average Bonchev–Trinajstić information content (AvgIpc) is 2.44. The summed E-state index contributed by atoms with van der Waals surface area (Å²) in [6.07, 6.45) is 0. The maximum absolute atomic E-state index is 11.6. The Labute approximate surface area is 112 Å². The van der Waals surface area contributed by atoms with E-state index in [0.29, 0.717) is 6.54 Å². The van der Waals surface area contributed by atoms with Gasteiger partial charge >= 0.3 is 0 Å². The van der Waals surface area contributed by atoms with Crippen LogP contribution in [0.3, 0.4) is 0 Å². The van der Waals surface area contributed by atoms with Crippen LogP contribution in [-0.2, 0) is 4.79 Å². The van der Waals surface area contributed by atoms with E-state index in [-0.39, 0.29) is 5.91 Å². The van der Waals surface area contributed by atoms with Gasteiger partial charge in [0, 0.05) is 5.69 Å². The molecule has 1 amide bonds. The Balaban J connectivity index is 2.15. The highest BCUT2D eigenvalue weighted by Crippen LogP contribution is 2.23. The van der Waals surface area contributed by atoms with Gasteiger partial charge < -0.3 is 15.4 Å². The first kappa shape index (κ1) is 13.4. The van der Waals surface area contributed by atoms with E-state index in [9.17, 15) is 4.79 Å². The van der Waals surface area contributed by atoms with Crippen molar-refractivity contribution >= 4 is 22.4 Å².